The zero-order valence-electron chi connectivity index (χ0n) is 11.8. The molecule has 0 aromatic heterocycles. The average molecular weight is 284 g/mol. The molecule has 0 bridgehead atoms. The molecule has 1 aromatic carbocycles. The molecule has 3 nitrogen and oxygen atoms in total. The molecule has 1 heterocycles. The van der Waals surface area contributed by atoms with Crippen molar-refractivity contribution in [3.8, 4) is 11.5 Å². The van der Waals surface area contributed by atoms with E-state index in [0.29, 0.717) is 11.8 Å². The summed E-state index contributed by atoms with van der Waals surface area (Å²) in [6, 6.07) is 4.19. The van der Waals surface area contributed by atoms with Crippen molar-refractivity contribution in [2.24, 2.45) is 0 Å². The van der Waals surface area contributed by atoms with Crippen molar-refractivity contribution in [2.75, 3.05) is 13.7 Å². The molecule has 1 N–H and O–H groups in total. The molecule has 0 amide bonds. The van der Waals surface area contributed by atoms with Gasteiger partial charge in [-0.3, -0.25) is 0 Å². The topological polar surface area (TPSA) is 30.5 Å². The van der Waals surface area contributed by atoms with Crippen molar-refractivity contribution in [3.63, 3.8) is 0 Å². The van der Waals surface area contributed by atoms with Gasteiger partial charge in [0.15, 0.2) is 11.5 Å². The maximum atomic E-state index is 6.37. The van der Waals surface area contributed by atoms with Gasteiger partial charge in [-0.15, -0.1) is 0 Å². The second-order valence-corrected chi connectivity index (χ2v) is 5.60. The highest BCUT2D eigenvalue weighted by Crippen LogP contribution is 2.38. The highest BCUT2D eigenvalue weighted by Gasteiger charge is 2.20. The van der Waals surface area contributed by atoms with Gasteiger partial charge < -0.3 is 14.8 Å². The Bertz CT molecular complexity index is 428. The van der Waals surface area contributed by atoms with E-state index in [9.17, 15) is 0 Å². The van der Waals surface area contributed by atoms with Gasteiger partial charge in [0.1, 0.15) is 0 Å². The van der Waals surface area contributed by atoms with E-state index in [-0.39, 0.29) is 6.10 Å². The van der Waals surface area contributed by atoms with E-state index in [1.807, 2.05) is 26.0 Å². The van der Waals surface area contributed by atoms with Crippen molar-refractivity contribution in [1.29, 1.82) is 0 Å². The van der Waals surface area contributed by atoms with E-state index in [1.54, 1.807) is 7.11 Å². The number of benzene rings is 1. The molecule has 1 aliphatic rings. The standard InChI is InChI=1S/C15H22ClNO2/c1-10(2)19-15-8-11(12(16)9-14(15)18-3)13-6-4-5-7-17-13/h8-10,13,17H,4-7H2,1-3H3. The van der Waals surface area contributed by atoms with Crippen LogP contribution in [0.4, 0.5) is 0 Å². The normalized spacial score (nSPS) is 19.5. The van der Waals surface area contributed by atoms with Crippen LogP contribution in [-0.4, -0.2) is 19.8 Å². The van der Waals surface area contributed by atoms with Crippen LogP contribution in [0.5, 0.6) is 11.5 Å². The number of halogens is 1. The van der Waals surface area contributed by atoms with E-state index >= 15 is 0 Å². The molecule has 0 aliphatic carbocycles. The van der Waals surface area contributed by atoms with Crippen LogP contribution in [0.25, 0.3) is 0 Å². The summed E-state index contributed by atoms with van der Waals surface area (Å²) < 4.78 is 11.2. The van der Waals surface area contributed by atoms with Gasteiger partial charge in [0.25, 0.3) is 0 Å². The minimum atomic E-state index is 0.113. The molecule has 1 fully saturated rings. The maximum absolute atomic E-state index is 6.37. The van der Waals surface area contributed by atoms with E-state index in [1.165, 1.54) is 12.8 Å². The molecular weight excluding hydrogens is 262 g/mol. The zero-order chi connectivity index (χ0) is 13.8. The van der Waals surface area contributed by atoms with Crippen LogP contribution < -0.4 is 14.8 Å². The predicted octanol–water partition coefficient (Wildman–Crippen LogP) is 3.95. The quantitative estimate of drug-likeness (QED) is 0.907. The highest BCUT2D eigenvalue weighted by molar-refractivity contribution is 6.31. The lowest BCUT2D eigenvalue weighted by Gasteiger charge is -2.26. The lowest BCUT2D eigenvalue weighted by molar-refractivity contribution is 0.229. The van der Waals surface area contributed by atoms with Gasteiger partial charge in [-0.05, 0) is 44.9 Å². The summed E-state index contributed by atoms with van der Waals surface area (Å²) in [4.78, 5) is 0. The number of piperidine rings is 1. The average Bonchev–Trinajstić information content (AvgIpc) is 2.40. The summed E-state index contributed by atoms with van der Waals surface area (Å²) in [5, 5.41) is 4.26. The minimum Gasteiger partial charge on any atom is -0.493 e. The molecule has 1 saturated heterocycles. The monoisotopic (exact) mass is 283 g/mol. The summed E-state index contributed by atoms with van der Waals surface area (Å²) in [7, 11) is 1.64. The van der Waals surface area contributed by atoms with Gasteiger partial charge in [0.05, 0.1) is 13.2 Å². The van der Waals surface area contributed by atoms with Crippen LogP contribution in [0.3, 0.4) is 0 Å². The molecule has 19 heavy (non-hydrogen) atoms. The fourth-order valence-corrected chi connectivity index (χ4v) is 2.73. The number of ether oxygens (including phenoxy) is 2. The Morgan fingerprint density at radius 1 is 1.26 bits per heavy atom. The van der Waals surface area contributed by atoms with E-state index < -0.39 is 0 Å². The largest absolute Gasteiger partial charge is 0.493 e. The first-order valence-corrected chi connectivity index (χ1v) is 7.27. The van der Waals surface area contributed by atoms with Crippen LogP contribution in [0.15, 0.2) is 12.1 Å². The van der Waals surface area contributed by atoms with E-state index in [0.717, 1.165) is 29.3 Å². The van der Waals surface area contributed by atoms with E-state index in [4.69, 9.17) is 21.1 Å². The van der Waals surface area contributed by atoms with Gasteiger partial charge in [-0.1, -0.05) is 18.0 Å². The van der Waals surface area contributed by atoms with Gasteiger partial charge in [-0.2, -0.15) is 0 Å². The van der Waals surface area contributed by atoms with Crippen molar-refractivity contribution in [2.45, 2.75) is 45.3 Å². The molecule has 1 unspecified atom stereocenters. The SMILES string of the molecule is COc1cc(Cl)c(C2CCCCN2)cc1OC(C)C. The third-order valence-electron chi connectivity index (χ3n) is 3.33. The molecule has 106 valence electrons. The number of rotatable bonds is 4. The number of hydrogen-bond acceptors (Lipinski definition) is 3. The zero-order valence-corrected chi connectivity index (χ0v) is 12.6. The third-order valence-corrected chi connectivity index (χ3v) is 3.66. The first-order valence-electron chi connectivity index (χ1n) is 6.89. The van der Waals surface area contributed by atoms with Gasteiger partial charge in [-0.25, -0.2) is 0 Å². The van der Waals surface area contributed by atoms with Crippen molar-refractivity contribution in [1.82, 2.24) is 5.32 Å². The summed E-state index contributed by atoms with van der Waals surface area (Å²) >= 11 is 6.37. The molecule has 1 aliphatic heterocycles. The molecule has 2 rings (SSSR count). The second-order valence-electron chi connectivity index (χ2n) is 5.19. The molecule has 0 radical (unpaired) electrons. The molecule has 0 saturated carbocycles. The van der Waals surface area contributed by atoms with Crippen molar-refractivity contribution in [3.05, 3.63) is 22.7 Å². The summed E-state index contributed by atoms with van der Waals surface area (Å²) in [5.74, 6) is 1.46. The Labute approximate surface area is 120 Å². The Balaban J connectivity index is 2.31. The van der Waals surface area contributed by atoms with Gasteiger partial charge in [0, 0.05) is 17.1 Å². The molecule has 1 aromatic rings. The number of methoxy groups -OCH3 is 1. The number of hydrogen-bond donors (Lipinski definition) is 1. The Kier molecular flexibility index (Phi) is 4.94. The molecular formula is C15H22ClNO2. The molecule has 4 heteroatoms. The summed E-state index contributed by atoms with van der Waals surface area (Å²) in [6.07, 6.45) is 3.70. The summed E-state index contributed by atoms with van der Waals surface area (Å²) in [6.45, 7) is 5.06. The third kappa shape index (κ3) is 3.54. The lowest BCUT2D eigenvalue weighted by Crippen LogP contribution is -2.27. The Morgan fingerprint density at radius 3 is 2.63 bits per heavy atom. The highest BCUT2D eigenvalue weighted by atomic mass is 35.5. The maximum Gasteiger partial charge on any atom is 0.162 e. The number of nitrogens with one attached hydrogen (secondary N) is 1. The Morgan fingerprint density at radius 2 is 2.05 bits per heavy atom. The molecule has 0 spiro atoms. The predicted molar refractivity (Wildman–Crippen MR) is 78.4 cm³/mol. The Hall–Kier alpha value is -0.930. The van der Waals surface area contributed by atoms with Gasteiger partial charge >= 0.3 is 0 Å². The lowest BCUT2D eigenvalue weighted by atomic mass is 9.97. The fraction of sp³-hybridized carbons (Fsp3) is 0.600. The van der Waals surface area contributed by atoms with Crippen LogP contribution in [-0.2, 0) is 0 Å². The minimum absolute atomic E-state index is 0.113. The first-order chi connectivity index (χ1) is 9.11. The van der Waals surface area contributed by atoms with Crippen molar-refractivity contribution >= 4 is 11.6 Å². The van der Waals surface area contributed by atoms with Crippen molar-refractivity contribution < 1.29 is 9.47 Å². The van der Waals surface area contributed by atoms with E-state index in [2.05, 4.69) is 5.32 Å². The van der Waals surface area contributed by atoms with Crippen LogP contribution in [0.1, 0.15) is 44.7 Å². The van der Waals surface area contributed by atoms with Crippen LogP contribution in [0, 0.1) is 0 Å². The fourth-order valence-electron chi connectivity index (χ4n) is 2.44. The first kappa shape index (κ1) is 14.5. The van der Waals surface area contributed by atoms with Crippen LogP contribution >= 0.6 is 11.6 Å². The second kappa shape index (κ2) is 6.49. The van der Waals surface area contributed by atoms with Gasteiger partial charge in [0.2, 0.25) is 0 Å². The van der Waals surface area contributed by atoms with Crippen LogP contribution in [0.2, 0.25) is 5.02 Å². The smallest absolute Gasteiger partial charge is 0.162 e. The molecule has 1 atom stereocenters. The summed E-state index contributed by atoms with van der Waals surface area (Å²) in [5.41, 5.74) is 1.11.